The number of ether oxygens (including phenoxy) is 2. The van der Waals surface area contributed by atoms with E-state index in [2.05, 4.69) is 10.2 Å². The van der Waals surface area contributed by atoms with Crippen LogP contribution >= 0.6 is 11.8 Å². The van der Waals surface area contributed by atoms with Crippen LogP contribution in [-0.4, -0.2) is 51.6 Å². The summed E-state index contributed by atoms with van der Waals surface area (Å²) in [5, 5.41) is 9.53. The highest BCUT2D eigenvalue weighted by Crippen LogP contribution is 2.36. The molecule has 1 atom stereocenters. The van der Waals surface area contributed by atoms with Gasteiger partial charge in [-0.05, 0) is 63.2 Å². The minimum Gasteiger partial charge on any atom is -0.494 e. The molecule has 0 radical (unpaired) electrons. The quantitative estimate of drug-likeness (QED) is 0.157. The summed E-state index contributed by atoms with van der Waals surface area (Å²) >= 11 is 1.22. The summed E-state index contributed by atoms with van der Waals surface area (Å²) in [6, 6.07) is 23.0. The number of rotatable bonds is 10. The summed E-state index contributed by atoms with van der Waals surface area (Å²) in [5.74, 6) is 0.780. The van der Waals surface area contributed by atoms with Crippen LogP contribution in [0.25, 0.3) is 28.0 Å². The van der Waals surface area contributed by atoms with Gasteiger partial charge in [-0.2, -0.15) is 0 Å². The van der Waals surface area contributed by atoms with E-state index < -0.39 is 15.3 Å². The van der Waals surface area contributed by atoms with Crippen molar-refractivity contribution in [1.82, 2.24) is 18.7 Å². The Hall–Kier alpha value is -4.09. The van der Waals surface area contributed by atoms with Crippen molar-refractivity contribution in [3.05, 3.63) is 85.1 Å². The number of benzene rings is 3. The molecule has 9 nitrogen and oxygen atoms in total. The maximum atomic E-state index is 13.7. The highest BCUT2D eigenvalue weighted by Gasteiger charge is 2.27. The van der Waals surface area contributed by atoms with E-state index in [0.717, 1.165) is 5.69 Å². The van der Waals surface area contributed by atoms with Crippen LogP contribution in [0, 0.1) is 0 Å². The van der Waals surface area contributed by atoms with Crippen LogP contribution in [0.3, 0.4) is 0 Å². The second kappa shape index (κ2) is 11.6. The molecule has 3 aromatic carbocycles. The molecule has 2 aromatic heterocycles. The van der Waals surface area contributed by atoms with Gasteiger partial charge in [-0.25, -0.2) is 12.4 Å². The van der Waals surface area contributed by atoms with Crippen LogP contribution in [0.5, 0.6) is 5.75 Å². The molecular formula is C29H28N4O5S2. The third-order valence-corrected chi connectivity index (χ3v) is 8.87. The van der Waals surface area contributed by atoms with Gasteiger partial charge in [0, 0.05) is 22.8 Å². The number of hydrogen-bond donors (Lipinski definition) is 0. The summed E-state index contributed by atoms with van der Waals surface area (Å²) in [4.78, 5) is 12.6. The predicted molar refractivity (Wildman–Crippen MR) is 154 cm³/mol. The van der Waals surface area contributed by atoms with Crippen molar-refractivity contribution in [2.75, 3.05) is 13.2 Å². The third-order valence-electron chi connectivity index (χ3n) is 6.16. The molecule has 0 fully saturated rings. The Kier molecular flexibility index (Phi) is 7.95. The number of esters is 1. The molecule has 0 aliphatic carbocycles. The fraction of sp³-hybridized carbons (Fsp3) is 0.207. The average Bonchev–Trinajstić information content (AvgIpc) is 3.56. The molecule has 5 rings (SSSR count). The molecule has 0 spiro atoms. The maximum Gasteiger partial charge on any atom is 0.319 e. The Balaban J connectivity index is 1.69. The van der Waals surface area contributed by atoms with E-state index in [4.69, 9.17) is 9.47 Å². The lowest BCUT2D eigenvalue weighted by Crippen LogP contribution is -2.17. The second-order valence-electron chi connectivity index (χ2n) is 8.75. The number of para-hydroxylation sites is 1. The topological polar surface area (TPSA) is 105 Å². The molecule has 11 heteroatoms. The molecule has 5 aromatic rings. The van der Waals surface area contributed by atoms with E-state index in [1.165, 1.54) is 15.7 Å². The number of thioether (sulfide) groups is 1. The van der Waals surface area contributed by atoms with Crippen LogP contribution in [0.4, 0.5) is 0 Å². The molecule has 0 bridgehead atoms. The van der Waals surface area contributed by atoms with Crippen LogP contribution in [-0.2, 0) is 19.6 Å². The zero-order valence-electron chi connectivity index (χ0n) is 22.2. The molecule has 0 aliphatic heterocycles. The van der Waals surface area contributed by atoms with Crippen molar-refractivity contribution in [2.45, 2.75) is 36.1 Å². The van der Waals surface area contributed by atoms with E-state index in [9.17, 15) is 13.2 Å². The maximum absolute atomic E-state index is 13.7. The summed E-state index contributed by atoms with van der Waals surface area (Å²) in [5.41, 5.74) is 1.81. The van der Waals surface area contributed by atoms with E-state index in [1.807, 2.05) is 47.9 Å². The summed E-state index contributed by atoms with van der Waals surface area (Å²) in [7, 11) is -3.90. The molecular weight excluding hydrogens is 548 g/mol. The average molecular weight is 577 g/mol. The van der Waals surface area contributed by atoms with Gasteiger partial charge >= 0.3 is 5.97 Å². The number of nitrogens with zero attached hydrogens (tertiary/aromatic N) is 4. The monoisotopic (exact) mass is 576 g/mol. The summed E-state index contributed by atoms with van der Waals surface area (Å²) < 4.78 is 41.3. The molecule has 40 heavy (non-hydrogen) atoms. The van der Waals surface area contributed by atoms with Crippen molar-refractivity contribution in [3.63, 3.8) is 0 Å². The minimum atomic E-state index is -3.90. The molecule has 0 unspecified atom stereocenters. The number of carbonyl (C=O) groups excluding carboxylic acids is 1. The number of carbonyl (C=O) groups is 1. The lowest BCUT2D eigenvalue weighted by molar-refractivity contribution is -0.142. The highest BCUT2D eigenvalue weighted by molar-refractivity contribution is 8.00. The zero-order chi connectivity index (χ0) is 28.3. The van der Waals surface area contributed by atoms with Crippen LogP contribution in [0.15, 0.2) is 95.1 Å². The Labute approximate surface area is 236 Å². The Bertz CT molecular complexity index is 1750. The van der Waals surface area contributed by atoms with Gasteiger partial charge in [-0.15, -0.1) is 10.2 Å². The first-order chi connectivity index (χ1) is 19.3. The van der Waals surface area contributed by atoms with Crippen LogP contribution < -0.4 is 4.74 Å². The largest absolute Gasteiger partial charge is 0.494 e. The van der Waals surface area contributed by atoms with Crippen LogP contribution in [0.2, 0.25) is 0 Å². The number of aromatic nitrogens is 4. The fourth-order valence-electron chi connectivity index (χ4n) is 4.31. The Morgan fingerprint density at radius 3 is 2.33 bits per heavy atom. The smallest absolute Gasteiger partial charge is 0.319 e. The first-order valence-corrected chi connectivity index (χ1v) is 15.1. The third kappa shape index (κ3) is 5.22. The Morgan fingerprint density at radius 1 is 0.925 bits per heavy atom. The second-order valence-corrected chi connectivity index (χ2v) is 11.9. The Morgan fingerprint density at radius 2 is 1.62 bits per heavy atom. The minimum absolute atomic E-state index is 0.176. The van der Waals surface area contributed by atoms with Crippen molar-refractivity contribution in [2.24, 2.45) is 0 Å². The molecule has 0 amide bonds. The number of fused-ring (bicyclic) bond motifs is 1. The molecule has 206 valence electrons. The summed E-state index contributed by atoms with van der Waals surface area (Å²) in [6.45, 7) is 6.23. The molecule has 0 saturated carbocycles. The van der Waals surface area contributed by atoms with Crippen LogP contribution in [0.1, 0.15) is 20.8 Å². The van der Waals surface area contributed by atoms with Gasteiger partial charge in [0.05, 0.1) is 23.6 Å². The standard InChI is InChI=1S/C29H28N4O5S2/c1-4-37-22-17-15-21(16-18-22)33-27(30-31-29(33)39-20(3)28(34)38-5-2)25-19-32(26-14-10-9-13-24(25)26)40(35,36)23-11-7-6-8-12-23/h6-20H,4-5H2,1-3H3/t20-/m0/s1. The lowest BCUT2D eigenvalue weighted by atomic mass is 10.1. The van der Waals surface area contributed by atoms with Gasteiger partial charge < -0.3 is 9.47 Å². The van der Waals surface area contributed by atoms with Crippen molar-refractivity contribution in [1.29, 1.82) is 0 Å². The van der Waals surface area contributed by atoms with Gasteiger partial charge in [-0.3, -0.25) is 9.36 Å². The molecule has 0 N–H and O–H groups in total. The predicted octanol–water partition coefficient (Wildman–Crippen LogP) is 5.57. The van der Waals surface area contributed by atoms with E-state index in [-0.39, 0.29) is 17.5 Å². The normalized spacial score (nSPS) is 12.4. The lowest BCUT2D eigenvalue weighted by Gasteiger charge is -2.13. The first kappa shape index (κ1) is 27.5. The van der Waals surface area contributed by atoms with Gasteiger partial charge in [0.25, 0.3) is 10.0 Å². The molecule has 2 heterocycles. The first-order valence-electron chi connectivity index (χ1n) is 12.8. The van der Waals surface area contributed by atoms with E-state index in [0.29, 0.717) is 39.8 Å². The van der Waals surface area contributed by atoms with Crippen molar-refractivity contribution in [3.8, 4) is 22.8 Å². The van der Waals surface area contributed by atoms with Crippen molar-refractivity contribution >= 4 is 38.7 Å². The highest BCUT2D eigenvalue weighted by atomic mass is 32.2. The van der Waals surface area contributed by atoms with E-state index >= 15 is 0 Å². The van der Waals surface area contributed by atoms with Gasteiger partial charge in [0.2, 0.25) is 0 Å². The summed E-state index contributed by atoms with van der Waals surface area (Å²) in [6.07, 6.45) is 1.57. The van der Waals surface area contributed by atoms with Gasteiger partial charge in [0.15, 0.2) is 11.0 Å². The number of hydrogen-bond acceptors (Lipinski definition) is 8. The fourth-order valence-corrected chi connectivity index (χ4v) is 6.57. The molecule has 0 aliphatic rings. The zero-order valence-corrected chi connectivity index (χ0v) is 23.9. The SMILES string of the molecule is CCOC(=O)[C@H](C)Sc1nnc(-c2cn(S(=O)(=O)c3ccccc3)c3ccccc23)n1-c1ccc(OCC)cc1. The van der Waals surface area contributed by atoms with Gasteiger partial charge in [-0.1, -0.05) is 48.2 Å². The van der Waals surface area contributed by atoms with Crippen molar-refractivity contribution < 1.29 is 22.7 Å². The molecule has 0 saturated heterocycles. The van der Waals surface area contributed by atoms with E-state index in [1.54, 1.807) is 62.5 Å². The van der Waals surface area contributed by atoms with Gasteiger partial charge in [0.1, 0.15) is 11.0 Å².